The fraction of sp³-hybridized carbons (Fsp3) is 0.238. The molecule has 4 rings (SSSR count). The van der Waals surface area contributed by atoms with E-state index in [1.165, 1.54) is 4.31 Å². The molecule has 0 aliphatic carbocycles. The molecule has 30 heavy (non-hydrogen) atoms. The number of carbonyl (C=O) groups is 1. The molecule has 1 fully saturated rings. The van der Waals surface area contributed by atoms with E-state index in [4.69, 9.17) is 0 Å². The molecule has 0 bridgehead atoms. The van der Waals surface area contributed by atoms with E-state index < -0.39 is 10.0 Å². The first-order chi connectivity index (χ1) is 14.4. The molecule has 9 heteroatoms. The summed E-state index contributed by atoms with van der Waals surface area (Å²) in [5.41, 5.74) is 2.47. The summed E-state index contributed by atoms with van der Waals surface area (Å²) < 4.78 is 29.7. The molecular formula is C21H21BrN4O3S. The van der Waals surface area contributed by atoms with Gasteiger partial charge in [0.1, 0.15) is 0 Å². The minimum Gasteiger partial charge on any atom is -0.336 e. The third kappa shape index (κ3) is 4.05. The van der Waals surface area contributed by atoms with Crippen LogP contribution in [0.4, 0.5) is 0 Å². The predicted molar refractivity (Wildman–Crippen MR) is 117 cm³/mol. The predicted octanol–water partition coefficient (Wildman–Crippen LogP) is 3.09. The number of piperazine rings is 1. The van der Waals surface area contributed by atoms with Crippen molar-refractivity contribution in [2.24, 2.45) is 0 Å². The van der Waals surface area contributed by atoms with Crippen LogP contribution in [0.3, 0.4) is 0 Å². The zero-order valence-corrected chi connectivity index (χ0v) is 18.8. The average molecular weight is 489 g/mol. The third-order valence-corrected chi connectivity index (χ3v) is 7.54. The molecule has 0 atom stereocenters. The molecule has 0 N–H and O–H groups in total. The number of sulfonamides is 1. The van der Waals surface area contributed by atoms with Gasteiger partial charge in [0.15, 0.2) is 0 Å². The minimum atomic E-state index is -3.58. The van der Waals surface area contributed by atoms with Gasteiger partial charge < -0.3 is 4.90 Å². The van der Waals surface area contributed by atoms with Gasteiger partial charge in [-0.1, -0.05) is 22.0 Å². The largest absolute Gasteiger partial charge is 0.336 e. The van der Waals surface area contributed by atoms with E-state index in [1.54, 1.807) is 52.2 Å². The highest BCUT2D eigenvalue weighted by atomic mass is 79.9. The second-order valence-electron chi connectivity index (χ2n) is 7.08. The molecule has 0 spiro atoms. The highest BCUT2D eigenvalue weighted by Gasteiger charge is 2.30. The Balaban J connectivity index is 1.43. The first-order valence-corrected chi connectivity index (χ1v) is 11.8. The number of nitrogens with zero attached hydrogens (tertiary/aromatic N) is 4. The molecule has 1 saturated heterocycles. The van der Waals surface area contributed by atoms with Gasteiger partial charge in [-0.25, -0.2) is 13.1 Å². The molecule has 0 saturated carbocycles. The van der Waals surface area contributed by atoms with Gasteiger partial charge in [0, 0.05) is 48.1 Å². The molecule has 2 aromatic carbocycles. The summed E-state index contributed by atoms with van der Waals surface area (Å²) in [5, 5.41) is 4.27. The molecule has 1 aliphatic rings. The summed E-state index contributed by atoms with van der Waals surface area (Å²) in [4.78, 5) is 14.8. The average Bonchev–Trinajstić information content (AvgIpc) is 3.19. The van der Waals surface area contributed by atoms with Crippen molar-refractivity contribution in [2.45, 2.75) is 11.8 Å². The number of carbonyl (C=O) groups excluding carboxylic acids is 1. The van der Waals surface area contributed by atoms with E-state index in [1.807, 2.05) is 25.1 Å². The molecular weight excluding hydrogens is 468 g/mol. The molecule has 2 heterocycles. The van der Waals surface area contributed by atoms with Gasteiger partial charge in [-0.2, -0.15) is 9.40 Å². The summed E-state index contributed by atoms with van der Waals surface area (Å²) in [6.07, 6.45) is 1.73. The number of rotatable bonds is 4. The van der Waals surface area contributed by atoms with Gasteiger partial charge in [-0.3, -0.25) is 4.79 Å². The van der Waals surface area contributed by atoms with E-state index in [0.717, 1.165) is 11.4 Å². The van der Waals surface area contributed by atoms with Crippen LogP contribution < -0.4 is 0 Å². The minimum absolute atomic E-state index is 0.0989. The summed E-state index contributed by atoms with van der Waals surface area (Å²) in [5.74, 6) is -0.0989. The van der Waals surface area contributed by atoms with Gasteiger partial charge >= 0.3 is 0 Å². The molecule has 3 aromatic rings. The number of hydrogen-bond donors (Lipinski definition) is 0. The number of aromatic nitrogens is 2. The van der Waals surface area contributed by atoms with Gasteiger partial charge in [0.2, 0.25) is 10.0 Å². The van der Waals surface area contributed by atoms with Crippen molar-refractivity contribution < 1.29 is 13.2 Å². The topological polar surface area (TPSA) is 75.5 Å². The smallest absolute Gasteiger partial charge is 0.253 e. The first-order valence-electron chi connectivity index (χ1n) is 9.52. The Morgan fingerprint density at radius 1 is 1.00 bits per heavy atom. The van der Waals surface area contributed by atoms with Crippen molar-refractivity contribution in [1.29, 1.82) is 0 Å². The Kier molecular flexibility index (Phi) is 5.77. The highest BCUT2D eigenvalue weighted by Crippen LogP contribution is 2.22. The summed E-state index contributed by atoms with van der Waals surface area (Å²) >= 11 is 3.31. The lowest BCUT2D eigenvalue weighted by Crippen LogP contribution is -2.50. The molecule has 156 valence electrons. The van der Waals surface area contributed by atoms with Crippen molar-refractivity contribution in [2.75, 3.05) is 26.2 Å². The third-order valence-electron chi connectivity index (χ3n) is 5.15. The summed E-state index contributed by atoms with van der Waals surface area (Å²) in [6.45, 7) is 3.21. The van der Waals surface area contributed by atoms with Crippen molar-refractivity contribution in [3.63, 3.8) is 0 Å². The monoisotopic (exact) mass is 488 g/mol. The first kappa shape index (κ1) is 20.8. The highest BCUT2D eigenvalue weighted by molar-refractivity contribution is 9.10. The van der Waals surface area contributed by atoms with Crippen LogP contribution >= 0.6 is 15.9 Å². The fourth-order valence-electron chi connectivity index (χ4n) is 3.48. The van der Waals surface area contributed by atoms with E-state index in [2.05, 4.69) is 21.0 Å². The van der Waals surface area contributed by atoms with Gasteiger partial charge in [-0.05, 0) is 55.5 Å². The van der Waals surface area contributed by atoms with Crippen LogP contribution in [0.25, 0.3) is 5.69 Å². The Hall–Kier alpha value is -2.49. The zero-order chi connectivity index (χ0) is 21.3. The lowest BCUT2D eigenvalue weighted by Gasteiger charge is -2.34. The Bertz CT molecular complexity index is 1170. The van der Waals surface area contributed by atoms with Crippen LogP contribution in [0.1, 0.15) is 16.1 Å². The molecule has 7 nitrogen and oxygen atoms in total. The van der Waals surface area contributed by atoms with Crippen LogP contribution in [-0.4, -0.2) is 59.5 Å². The van der Waals surface area contributed by atoms with E-state index in [-0.39, 0.29) is 23.9 Å². The Labute approximate surface area is 184 Å². The van der Waals surface area contributed by atoms with Crippen molar-refractivity contribution in [3.8, 4) is 5.69 Å². The summed E-state index contributed by atoms with van der Waals surface area (Å²) in [7, 11) is -3.58. The standard InChI is InChI=1S/C21H21BrN4O3S/c1-16-9-10-23-26(16)19-7-5-17(6-8-19)21(27)24-11-13-25(14-12-24)30(28,29)20-4-2-3-18(22)15-20/h2-10,15H,11-14H2,1H3. The second kappa shape index (κ2) is 8.33. The van der Waals surface area contributed by atoms with Crippen molar-refractivity contribution in [3.05, 3.63) is 76.5 Å². The van der Waals surface area contributed by atoms with Crippen LogP contribution in [0.5, 0.6) is 0 Å². The maximum Gasteiger partial charge on any atom is 0.253 e. The van der Waals surface area contributed by atoms with Gasteiger partial charge in [0.05, 0.1) is 10.6 Å². The van der Waals surface area contributed by atoms with E-state index in [0.29, 0.717) is 23.1 Å². The molecule has 0 radical (unpaired) electrons. The van der Waals surface area contributed by atoms with E-state index >= 15 is 0 Å². The van der Waals surface area contributed by atoms with Crippen molar-refractivity contribution in [1.82, 2.24) is 19.0 Å². The molecule has 0 unspecified atom stereocenters. The Morgan fingerprint density at radius 2 is 1.70 bits per heavy atom. The maximum atomic E-state index is 12.9. The van der Waals surface area contributed by atoms with Crippen LogP contribution in [-0.2, 0) is 10.0 Å². The maximum absolute atomic E-state index is 12.9. The summed E-state index contributed by atoms with van der Waals surface area (Å²) in [6, 6.07) is 15.9. The number of hydrogen-bond acceptors (Lipinski definition) is 4. The van der Waals surface area contributed by atoms with Crippen LogP contribution in [0.15, 0.2) is 70.2 Å². The lowest BCUT2D eigenvalue weighted by atomic mass is 10.1. The number of benzene rings is 2. The zero-order valence-electron chi connectivity index (χ0n) is 16.4. The number of aryl methyl sites for hydroxylation is 1. The second-order valence-corrected chi connectivity index (χ2v) is 9.94. The number of halogens is 1. The van der Waals surface area contributed by atoms with Crippen LogP contribution in [0.2, 0.25) is 0 Å². The molecule has 1 aliphatic heterocycles. The lowest BCUT2D eigenvalue weighted by molar-refractivity contribution is 0.0698. The van der Waals surface area contributed by atoms with E-state index in [9.17, 15) is 13.2 Å². The normalized spacial score (nSPS) is 15.3. The SMILES string of the molecule is Cc1ccnn1-c1ccc(C(=O)N2CCN(S(=O)(=O)c3cccc(Br)c3)CC2)cc1. The van der Waals surface area contributed by atoms with Gasteiger partial charge in [0.25, 0.3) is 5.91 Å². The molecule has 1 aromatic heterocycles. The molecule has 1 amide bonds. The Morgan fingerprint density at radius 3 is 2.30 bits per heavy atom. The number of amides is 1. The van der Waals surface area contributed by atoms with Crippen LogP contribution in [0, 0.1) is 6.92 Å². The fourth-order valence-corrected chi connectivity index (χ4v) is 5.50. The van der Waals surface area contributed by atoms with Gasteiger partial charge in [-0.15, -0.1) is 0 Å². The van der Waals surface area contributed by atoms with Crippen molar-refractivity contribution >= 4 is 31.9 Å². The quantitative estimate of drug-likeness (QED) is 0.565.